The molecule has 4 nitrogen and oxygen atoms in total. The van der Waals surface area contributed by atoms with Crippen molar-refractivity contribution in [3.8, 4) is 5.75 Å². The van der Waals surface area contributed by atoms with Gasteiger partial charge in [0.2, 0.25) is 5.91 Å². The van der Waals surface area contributed by atoms with Crippen LogP contribution in [0.4, 0.5) is 5.69 Å². The summed E-state index contributed by atoms with van der Waals surface area (Å²) in [4.78, 5) is 11.6. The van der Waals surface area contributed by atoms with Crippen LogP contribution in [0.2, 0.25) is 0 Å². The van der Waals surface area contributed by atoms with Crippen molar-refractivity contribution < 1.29 is 14.3 Å². The normalized spacial score (nSPS) is 10.2. The summed E-state index contributed by atoms with van der Waals surface area (Å²) in [6.07, 6.45) is 2.00. The minimum atomic E-state index is -0.00661. The first kappa shape index (κ1) is 15.8. The smallest absolute Gasteiger partial charge is 0.224 e. The van der Waals surface area contributed by atoms with Gasteiger partial charge in [0.25, 0.3) is 0 Å². The fraction of sp³-hybridized carbons (Fsp3) is 0.500. The van der Waals surface area contributed by atoms with Crippen LogP contribution in [0.1, 0.15) is 19.3 Å². The zero-order valence-corrected chi connectivity index (χ0v) is 11.9. The van der Waals surface area contributed by atoms with Crippen LogP contribution < -0.4 is 10.1 Å². The Hall–Kier alpha value is -1.26. The highest BCUT2D eigenvalue weighted by molar-refractivity contribution is 6.17. The van der Waals surface area contributed by atoms with Gasteiger partial charge in [-0.2, -0.15) is 0 Å². The maximum atomic E-state index is 11.6. The molecule has 0 aliphatic heterocycles. The monoisotopic (exact) mass is 285 g/mol. The molecule has 0 heterocycles. The quantitative estimate of drug-likeness (QED) is 0.560. The van der Waals surface area contributed by atoms with E-state index in [9.17, 15) is 4.79 Å². The highest BCUT2D eigenvalue weighted by atomic mass is 35.5. The largest absolute Gasteiger partial charge is 0.494 e. The van der Waals surface area contributed by atoms with E-state index in [1.807, 2.05) is 24.3 Å². The van der Waals surface area contributed by atoms with Crippen molar-refractivity contribution in [3.05, 3.63) is 24.3 Å². The summed E-state index contributed by atoms with van der Waals surface area (Å²) >= 11 is 5.57. The molecule has 1 amide bonds. The molecule has 0 aliphatic rings. The zero-order valence-electron chi connectivity index (χ0n) is 11.2. The molecule has 0 saturated heterocycles. The van der Waals surface area contributed by atoms with Gasteiger partial charge < -0.3 is 14.8 Å². The van der Waals surface area contributed by atoms with Crippen LogP contribution in [-0.2, 0) is 9.53 Å². The van der Waals surface area contributed by atoms with Crippen molar-refractivity contribution in [2.75, 3.05) is 31.5 Å². The first-order chi connectivity index (χ1) is 9.26. The lowest BCUT2D eigenvalue weighted by atomic mass is 10.2. The SMILES string of the molecule is COCCCC(=O)Nc1ccc(OCCCCl)cc1. The summed E-state index contributed by atoms with van der Waals surface area (Å²) in [5, 5.41) is 2.82. The molecule has 0 aliphatic carbocycles. The molecule has 0 unspecified atom stereocenters. The molecule has 0 fully saturated rings. The topological polar surface area (TPSA) is 47.6 Å². The van der Waals surface area contributed by atoms with Gasteiger partial charge in [0, 0.05) is 31.7 Å². The number of carbonyl (C=O) groups excluding carboxylic acids is 1. The van der Waals surface area contributed by atoms with Crippen LogP contribution in [0.25, 0.3) is 0 Å². The average molecular weight is 286 g/mol. The Morgan fingerprint density at radius 1 is 1.21 bits per heavy atom. The van der Waals surface area contributed by atoms with E-state index in [0.29, 0.717) is 25.5 Å². The third kappa shape index (κ3) is 7.03. The molecule has 0 atom stereocenters. The summed E-state index contributed by atoms with van der Waals surface area (Å²) in [5.41, 5.74) is 0.770. The number of ether oxygens (including phenoxy) is 2. The lowest BCUT2D eigenvalue weighted by Crippen LogP contribution is -2.11. The highest BCUT2D eigenvalue weighted by Gasteiger charge is 2.02. The van der Waals surface area contributed by atoms with Gasteiger partial charge in [-0.25, -0.2) is 0 Å². The number of alkyl halides is 1. The number of nitrogens with one attached hydrogen (secondary N) is 1. The Morgan fingerprint density at radius 3 is 2.58 bits per heavy atom. The van der Waals surface area contributed by atoms with Crippen molar-refractivity contribution in [1.82, 2.24) is 0 Å². The second-order valence-corrected chi connectivity index (χ2v) is 4.44. The van der Waals surface area contributed by atoms with Crippen LogP contribution in [0.15, 0.2) is 24.3 Å². The van der Waals surface area contributed by atoms with E-state index < -0.39 is 0 Å². The zero-order chi connectivity index (χ0) is 13.9. The Kier molecular flexibility index (Phi) is 8.02. The molecule has 1 N–H and O–H groups in total. The number of amides is 1. The van der Waals surface area contributed by atoms with Crippen LogP contribution in [0.5, 0.6) is 5.75 Å². The Bertz CT molecular complexity index is 367. The molecule has 1 aromatic rings. The summed E-state index contributed by atoms with van der Waals surface area (Å²) in [5.74, 6) is 1.37. The molecule has 0 radical (unpaired) electrons. The summed E-state index contributed by atoms with van der Waals surface area (Å²) in [6, 6.07) is 7.31. The minimum Gasteiger partial charge on any atom is -0.494 e. The second kappa shape index (κ2) is 9.64. The number of benzene rings is 1. The Morgan fingerprint density at radius 2 is 1.95 bits per heavy atom. The van der Waals surface area contributed by atoms with Gasteiger partial charge in [0.15, 0.2) is 0 Å². The maximum absolute atomic E-state index is 11.6. The molecule has 1 rings (SSSR count). The summed E-state index contributed by atoms with van der Waals surface area (Å²) < 4.78 is 10.4. The Labute approximate surface area is 119 Å². The van der Waals surface area contributed by atoms with E-state index in [2.05, 4.69) is 5.32 Å². The average Bonchev–Trinajstić information content (AvgIpc) is 2.41. The molecular formula is C14H20ClNO3. The number of anilines is 1. The van der Waals surface area contributed by atoms with Crippen molar-refractivity contribution >= 4 is 23.2 Å². The van der Waals surface area contributed by atoms with Crippen LogP contribution >= 0.6 is 11.6 Å². The van der Waals surface area contributed by atoms with Crippen molar-refractivity contribution in [1.29, 1.82) is 0 Å². The fourth-order valence-electron chi connectivity index (χ4n) is 1.48. The third-order valence-electron chi connectivity index (χ3n) is 2.44. The van der Waals surface area contributed by atoms with Gasteiger partial charge in [-0.1, -0.05) is 0 Å². The molecule has 1 aromatic carbocycles. The van der Waals surface area contributed by atoms with E-state index in [1.165, 1.54) is 0 Å². The van der Waals surface area contributed by atoms with Crippen LogP contribution in [0.3, 0.4) is 0 Å². The molecule has 0 saturated carbocycles. The number of hydrogen-bond acceptors (Lipinski definition) is 3. The van der Waals surface area contributed by atoms with Crippen LogP contribution in [0, 0.1) is 0 Å². The lowest BCUT2D eigenvalue weighted by molar-refractivity contribution is -0.116. The highest BCUT2D eigenvalue weighted by Crippen LogP contribution is 2.16. The van der Waals surface area contributed by atoms with E-state index >= 15 is 0 Å². The molecule has 0 bridgehead atoms. The molecular weight excluding hydrogens is 266 g/mol. The summed E-state index contributed by atoms with van der Waals surface area (Å²) in [7, 11) is 1.63. The first-order valence-corrected chi connectivity index (χ1v) is 6.87. The van der Waals surface area contributed by atoms with Crippen molar-refractivity contribution in [2.45, 2.75) is 19.3 Å². The molecule has 0 spiro atoms. The standard InChI is InChI=1S/C14H20ClNO3/c1-18-10-2-4-14(17)16-12-5-7-13(8-6-12)19-11-3-9-15/h5-8H,2-4,9-11H2,1H3,(H,16,17). The van der Waals surface area contributed by atoms with E-state index in [0.717, 1.165) is 24.3 Å². The third-order valence-corrected chi connectivity index (χ3v) is 2.70. The second-order valence-electron chi connectivity index (χ2n) is 4.06. The first-order valence-electron chi connectivity index (χ1n) is 6.34. The van der Waals surface area contributed by atoms with Gasteiger partial charge in [0.05, 0.1) is 6.61 Å². The number of carbonyl (C=O) groups is 1. The maximum Gasteiger partial charge on any atom is 0.224 e. The summed E-state index contributed by atoms with van der Waals surface area (Å²) in [6.45, 7) is 1.20. The van der Waals surface area contributed by atoms with E-state index in [1.54, 1.807) is 7.11 Å². The van der Waals surface area contributed by atoms with Gasteiger partial charge in [-0.15, -0.1) is 11.6 Å². The van der Waals surface area contributed by atoms with Crippen LogP contribution in [-0.4, -0.2) is 32.1 Å². The number of rotatable bonds is 9. The Balaban J connectivity index is 2.32. The molecule has 5 heteroatoms. The molecule has 106 valence electrons. The van der Waals surface area contributed by atoms with E-state index in [-0.39, 0.29) is 5.91 Å². The van der Waals surface area contributed by atoms with E-state index in [4.69, 9.17) is 21.1 Å². The number of hydrogen-bond donors (Lipinski definition) is 1. The molecule has 0 aromatic heterocycles. The predicted octanol–water partition coefficient (Wildman–Crippen LogP) is 3.06. The van der Waals surface area contributed by atoms with Crippen molar-refractivity contribution in [3.63, 3.8) is 0 Å². The van der Waals surface area contributed by atoms with Gasteiger partial charge in [0.1, 0.15) is 5.75 Å². The fourth-order valence-corrected chi connectivity index (χ4v) is 1.59. The molecule has 19 heavy (non-hydrogen) atoms. The lowest BCUT2D eigenvalue weighted by Gasteiger charge is -2.07. The predicted molar refractivity (Wildman–Crippen MR) is 77.0 cm³/mol. The van der Waals surface area contributed by atoms with Crippen molar-refractivity contribution in [2.24, 2.45) is 0 Å². The van der Waals surface area contributed by atoms with Gasteiger partial charge in [-0.05, 0) is 37.1 Å². The minimum absolute atomic E-state index is 0.00661. The van der Waals surface area contributed by atoms with Gasteiger partial charge in [-0.3, -0.25) is 4.79 Å². The number of methoxy groups -OCH3 is 1. The number of halogens is 1. The van der Waals surface area contributed by atoms with Gasteiger partial charge >= 0.3 is 0 Å².